The first kappa shape index (κ1) is 13.9. The van der Waals surface area contributed by atoms with Gasteiger partial charge in [-0.2, -0.15) is 0 Å². The minimum absolute atomic E-state index is 0.166. The first-order valence-electron chi connectivity index (χ1n) is 6.81. The van der Waals surface area contributed by atoms with Crippen molar-refractivity contribution in [3.63, 3.8) is 0 Å². The lowest BCUT2D eigenvalue weighted by atomic mass is 10.1. The van der Waals surface area contributed by atoms with Crippen molar-refractivity contribution >= 4 is 11.7 Å². The molecule has 1 amide bonds. The Balaban J connectivity index is 1.86. The Bertz CT molecular complexity index is 796. The molecule has 0 unspecified atom stereocenters. The van der Waals surface area contributed by atoms with Crippen LogP contribution in [0.2, 0.25) is 0 Å². The lowest BCUT2D eigenvalue weighted by Gasteiger charge is -2.16. The van der Waals surface area contributed by atoms with Crippen LogP contribution in [0.3, 0.4) is 0 Å². The molecule has 2 aromatic carbocycles. The molecule has 0 saturated heterocycles. The van der Waals surface area contributed by atoms with E-state index in [1.165, 1.54) is 10.9 Å². The number of imidazole rings is 1. The zero-order chi connectivity index (χ0) is 15.5. The third kappa shape index (κ3) is 2.69. The molecule has 0 radical (unpaired) electrons. The van der Waals surface area contributed by atoms with Crippen molar-refractivity contribution in [1.29, 1.82) is 0 Å². The summed E-state index contributed by atoms with van der Waals surface area (Å²) in [7, 11) is 1.71. The number of aromatic nitrogens is 2. The molecule has 0 aliphatic heterocycles. The smallest absolute Gasteiger partial charge is 0.333 e. The van der Waals surface area contributed by atoms with Gasteiger partial charge in [-0.3, -0.25) is 9.47 Å². The van der Waals surface area contributed by atoms with Gasteiger partial charge in [0.2, 0.25) is 0 Å². The van der Waals surface area contributed by atoms with Crippen LogP contribution in [0.1, 0.15) is 0 Å². The van der Waals surface area contributed by atoms with E-state index < -0.39 is 0 Å². The number of carbonyl (C=O) groups is 1. The molecule has 0 saturated carbocycles. The normalized spacial score (nSPS) is 10.4. The highest BCUT2D eigenvalue weighted by Gasteiger charge is 2.14. The van der Waals surface area contributed by atoms with E-state index >= 15 is 0 Å². The molecule has 0 fully saturated rings. The molecule has 0 spiro atoms. The lowest BCUT2D eigenvalue weighted by Crippen LogP contribution is -2.30. The van der Waals surface area contributed by atoms with E-state index in [0.717, 1.165) is 11.3 Å². The first-order valence-corrected chi connectivity index (χ1v) is 6.81. The Morgan fingerprint density at radius 3 is 2.64 bits per heavy atom. The van der Waals surface area contributed by atoms with Crippen LogP contribution in [0, 0.1) is 0 Å². The molecular formula is C17H15N3O2. The van der Waals surface area contributed by atoms with E-state index in [4.69, 9.17) is 0 Å². The number of hydrogen-bond donors (Lipinski definition) is 1. The molecule has 0 bridgehead atoms. The highest BCUT2D eigenvalue weighted by atomic mass is 16.3. The van der Waals surface area contributed by atoms with Crippen molar-refractivity contribution in [3.8, 4) is 17.0 Å². The largest absolute Gasteiger partial charge is 0.508 e. The third-order valence-corrected chi connectivity index (χ3v) is 3.38. The first-order chi connectivity index (χ1) is 10.6. The van der Waals surface area contributed by atoms with Crippen molar-refractivity contribution < 1.29 is 9.90 Å². The van der Waals surface area contributed by atoms with Crippen molar-refractivity contribution in [2.24, 2.45) is 0 Å². The van der Waals surface area contributed by atoms with E-state index in [-0.39, 0.29) is 11.8 Å². The van der Waals surface area contributed by atoms with E-state index in [9.17, 15) is 9.90 Å². The summed E-state index contributed by atoms with van der Waals surface area (Å²) in [6, 6.07) is 16.0. The number of nitrogens with zero attached hydrogens (tertiary/aromatic N) is 3. The molecule has 3 rings (SSSR count). The maximum Gasteiger partial charge on any atom is 0.333 e. The molecule has 3 aromatic rings. The highest BCUT2D eigenvalue weighted by molar-refractivity contribution is 5.93. The average molecular weight is 293 g/mol. The monoisotopic (exact) mass is 293 g/mol. The molecule has 0 atom stereocenters. The van der Waals surface area contributed by atoms with E-state index in [2.05, 4.69) is 4.98 Å². The Labute approximate surface area is 128 Å². The molecule has 1 heterocycles. The fourth-order valence-corrected chi connectivity index (χ4v) is 2.18. The molecule has 1 N–H and O–H groups in total. The standard InChI is InChI=1S/C17H15N3O2/c1-19(14-7-3-2-4-8-14)17(22)20-11-16(18-12-20)13-6-5-9-15(21)10-13/h2-12,21H,1H3. The van der Waals surface area contributed by atoms with Gasteiger partial charge in [0.05, 0.1) is 5.69 Å². The van der Waals surface area contributed by atoms with Gasteiger partial charge in [0.25, 0.3) is 0 Å². The van der Waals surface area contributed by atoms with Crippen LogP contribution >= 0.6 is 0 Å². The van der Waals surface area contributed by atoms with Gasteiger partial charge in [0.1, 0.15) is 12.1 Å². The van der Waals surface area contributed by atoms with Crippen molar-refractivity contribution in [2.75, 3.05) is 11.9 Å². The quantitative estimate of drug-likeness (QED) is 0.788. The lowest BCUT2D eigenvalue weighted by molar-refractivity contribution is 0.249. The van der Waals surface area contributed by atoms with Crippen molar-refractivity contribution in [3.05, 3.63) is 67.1 Å². The second kappa shape index (κ2) is 5.73. The Morgan fingerprint density at radius 2 is 1.91 bits per heavy atom. The van der Waals surface area contributed by atoms with Gasteiger partial charge in [-0.15, -0.1) is 0 Å². The summed E-state index contributed by atoms with van der Waals surface area (Å²) in [5, 5.41) is 9.52. The number of aromatic hydroxyl groups is 1. The molecule has 22 heavy (non-hydrogen) atoms. The van der Waals surface area contributed by atoms with Crippen molar-refractivity contribution in [2.45, 2.75) is 0 Å². The fraction of sp³-hybridized carbons (Fsp3) is 0.0588. The number of phenolic OH excluding ortho intramolecular Hbond substituents is 1. The minimum Gasteiger partial charge on any atom is -0.508 e. The van der Waals surface area contributed by atoms with Crippen LogP contribution in [0.5, 0.6) is 5.75 Å². The van der Waals surface area contributed by atoms with Crippen LogP contribution < -0.4 is 4.90 Å². The Hall–Kier alpha value is -3.08. The van der Waals surface area contributed by atoms with Gasteiger partial charge in [0, 0.05) is 24.5 Å². The van der Waals surface area contributed by atoms with Crippen LogP contribution in [0.25, 0.3) is 11.3 Å². The molecular weight excluding hydrogens is 278 g/mol. The fourth-order valence-electron chi connectivity index (χ4n) is 2.18. The van der Waals surface area contributed by atoms with Gasteiger partial charge >= 0.3 is 6.03 Å². The maximum absolute atomic E-state index is 12.5. The second-order valence-corrected chi connectivity index (χ2v) is 4.89. The topological polar surface area (TPSA) is 58.4 Å². The Kier molecular flexibility index (Phi) is 3.62. The van der Waals surface area contributed by atoms with Gasteiger partial charge in [-0.05, 0) is 24.3 Å². The zero-order valence-corrected chi connectivity index (χ0v) is 12.0. The van der Waals surface area contributed by atoms with E-state index in [0.29, 0.717) is 5.69 Å². The zero-order valence-electron chi connectivity index (χ0n) is 12.0. The second-order valence-electron chi connectivity index (χ2n) is 4.89. The number of benzene rings is 2. The summed E-state index contributed by atoms with van der Waals surface area (Å²) in [4.78, 5) is 18.2. The predicted octanol–water partition coefficient (Wildman–Crippen LogP) is 3.36. The van der Waals surface area contributed by atoms with Crippen molar-refractivity contribution in [1.82, 2.24) is 9.55 Å². The highest BCUT2D eigenvalue weighted by Crippen LogP contribution is 2.22. The average Bonchev–Trinajstić information content (AvgIpc) is 3.04. The van der Waals surface area contributed by atoms with Crippen LogP contribution in [0.4, 0.5) is 10.5 Å². The number of para-hydroxylation sites is 1. The summed E-state index contributed by atoms with van der Waals surface area (Å²) in [6.07, 6.45) is 3.12. The van der Waals surface area contributed by atoms with E-state index in [1.807, 2.05) is 36.4 Å². The number of carbonyl (C=O) groups excluding carboxylic acids is 1. The van der Waals surface area contributed by atoms with Gasteiger partial charge < -0.3 is 5.11 Å². The number of rotatable bonds is 2. The minimum atomic E-state index is -0.204. The van der Waals surface area contributed by atoms with Gasteiger partial charge in [-0.25, -0.2) is 9.78 Å². The van der Waals surface area contributed by atoms with Crippen LogP contribution in [-0.4, -0.2) is 27.7 Å². The Morgan fingerprint density at radius 1 is 1.14 bits per heavy atom. The number of anilines is 1. The van der Waals surface area contributed by atoms with Crippen LogP contribution in [-0.2, 0) is 0 Å². The molecule has 1 aromatic heterocycles. The summed E-state index contributed by atoms with van der Waals surface area (Å²) in [5.41, 5.74) is 2.19. The summed E-state index contributed by atoms with van der Waals surface area (Å²) in [6.45, 7) is 0. The summed E-state index contributed by atoms with van der Waals surface area (Å²) in [5.74, 6) is 0.166. The summed E-state index contributed by atoms with van der Waals surface area (Å²) < 4.78 is 1.42. The number of hydrogen-bond acceptors (Lipinski definition) is 3. The number of amides is 1. The molecule has 0 aliphatic carbocycles. The number of phenols is 1. The molecule has 110 valence electrons. The molecule has 5 heteroatoms. The molecule has 5 nitrogen and oxygen atoms in total. The SMILES string of the molecule is CN(C(=O)n1cnc(-c2cccc(O)c2)c1)c1ccccc1. The van der Waals surface area contributed by atoms with Gasteiger partial charge in [0.15, 0.2) is 0 Å². The van der Waals surface area contributed by atoms with E-state index in [1.54, 1.807) is 36.3 Å². The van der Waals surface area contributed by atoms with Gasteiger partial charge in [-0.1, -0.05) is 30.3 Å². The maximum atomic E-state index is 12.5. The third-order valence-electron chi connectivity index (χ3n) is 3.38. The predicted molar refractivity (Wildman–Crippen MR) is 85.0 cm³/mol. The van der Waals surface area contributed by atoms with Crippen LogP contribution in [0.15, 0.2) is 67.1 Å². The molecule has 0 aliphatic rings. The summed E-state index contributed by atoms with van der Waals surface area (Å²) >= 11 is 0.